The Labute approximate surface area is 79.0 Å². The Morgan fingerprint density at radius 3 is 1.20 bits per heavy atom. The van der Waals surface area contributed by atoms with E-state index in [2.05, 4.69) is 45.0 Å². The molecule has 0 fully saturated rings. The fourth-order valence-corrected chi connectivity index (χ4v) is 1.05. The Hall–Kier alpha value is 0.180. The van der Waals surface area contributed by atoms with Crippen LogP contribution in [0.5, 0.6) is 0 Å². The molecule has 0 rings (SSSR count). The molecule has 0 bridgehead atoms. The van der Waals surface area contributed by atoms with Crippen molar-refractivity contribution >= 4 is 31.9 Å². The smallest absolute Gasteiger partial charge is 0.0343 e. The predicted octanol–water partition coefficient (Wildman–Crippen LogP) is 4.14. The molecule has 0 aromatic carbocycles. The van der Waals surface area contributed by atoms with Gasteiger partial charge < -0.3 is 0 Å². The second kappa shape index (κ2) is 4.14. The molecular weight excluding hydrogens is 256 g/mol. The van der Waals surface area contributed by atoms with Gasteiger partial charge in [0, 0.05) is 8.96 Å². The van der Waals surface area contributed by atoms with Crippen molar-refractivity contribution in [2.45, 2.75) is 13.8 Å². The molecule has 0 atom stereocenters. The summed E-state index contributed by atoms with van der Waals surface area (Å²) in [6.45, 7) is 11.4. The first-order valence-corrected chi connectivity index (χ1v) is 4.42. The molecular formula is C8H10Br2. The van der Waals surface area contributed by atoms with Crippen molar-refractivity contribution in [2.75, 3.05) is 0 Å². The third-order valence-electron chi connectivity index (χ3n) is 0.942. The first-order valence-electron chi connectivity index (χ1n) is 2.84. The van der Waals surface area contributed by atoms with Crippen molar-refractivity contribution in [3.05, 3.63) is 33.3 Å². The van der Waals surface area contributed by atoms with Crippen LogP contribution in [0.4, 0.5) is 0 Å². The first kappa shape index (κ1) is 10.2. The van der Waals surface area contributed by atoms with Crippen molar-refractivity contribution in [1.82, 2.24) is 0 Å². The van der Waals surface area contributed by atoms with Crippen LogP contribution >= 0.6 is 31.9 Å². The van der Waals surface area contributed by atoms with Crippen LogP contribution in [0, 0.1) is 0 Å². The third kappa shape index (κ3) is 2.84. The lowest BCUT2D eigenvalue weighted by Crippen LogP contribution is -1.79. The largest absolute Gasteiger partial charge is 0.0949 e. The zero-order valence-electron chi connectivity index (χ0n) is 6.17. The molecule has 0 saturated heterocycles. The molecule has 0 unspecified atom stereocenters. The van der Waals surface area contributed by atoms with Crippen molar-refractivity contribution < 1.29 is 0 Å². The summed E-state index contributed by atoms with van der Waals surface area (Å²) in [6.07, 6.45) is 0. The summed E-state index contributed by atoms with van der Waals surface area (Å²) in [5.41, 5.74) is 1.99. The Morgan fingerprint density at radius 1 is 0.900 bits per heavy atom. The van der Waals surface area contributed by atoms with E-state index in [1.807, 2.05) is 13.8 Å². The molecule has 0 radical (unpaired) electrons. The maximum Gasteiger partial charge on any atom is 0.0343 e. The molecule has 0 aromatic rings. The Morgan fingerprint density at radius 2 is 1.10 bits per heavy atom. The van der Waals surface area contributed by atoms with Gasteiger partial charge in [-0.2, -0.15) is 0 Å². The monoisotopic (exact) mass is 264 g/mol. The topological polar surface area (TPSA) is 0 Å². The second-order valence-corrected chi connectivity index (χ2v) is 3.77. The van der Waals surface area contributed by atoms with Crippen molar-refractivity contribution in [2.24, 2.45) is 0 Å². The van der Waals surface area contributed by atoms with Crippen LogP contribution in [0.3, 0.4) is 0 Å². The van der Waals surface area contributed by atoms with E-state index in [1.165, 1.54) is 0 Å². The van der Waals surface area contributed by atoms with E-state index < -0.39 is 0 Å². The summed E-state index contributed by atoms with van der Waals surface area (Å²) in [6, 6.07) is 0. The summed E-state index contributed by atoms with van der Waals surface area (Å²) in [4.78, 5) is 0. The molecule has 0 aliphatic heterocycles. The average molecular weight is 266 g/mol. The van der Waals surface area contributed by atoms with Gasteiger partial charge in [-0.15, -0.1) is 0 Å². The maximum atomic E-state index is 3.78. The van der Waals surface area contributed by atoms with Crippen LogP contribution in [0.15, 0.2) is 33.3 Å². The van der Waals surface area contributed by atoms with E-state index in [0.717, 1.165) is 20.1 Å². The van der Waals surface area contributed by atoms with Crippen LogP contribution in [-0.4, -0.2) is 0 Å². The highest BCUT2D eigenvalue weighted by atomic mass is 79.9. The van der Waals surface area contributed by atoms with Crippen LogP contribution in [0.2, 0.25) is 0 Å². The summed E-state index contributed by atoms with van der Waals surface area (Å²) < 4.78 is 1.97. The van der Waals surface area contributed by atoms with Crippen LogP contribution < -0.4 is 0 Å². The van der Waals surface area contributed by atoms with Crippen LogP contribution in [-0.2, 0) is 0 Å². The number of halogens is 2. The lowest BCUT2D eigenvalue weighted by Gasteiger charge is -2.01. The number of allylic oxidation sites excluding steroid dienone is 4. The molecule has 56 valence electrons. The van der Waals surface area contributed by atoms with E-state index in [0.29, 0.717) is 0 Å². The Balaban J connectivity index is 4.67. The highest BCUT2D eigenvalue weighted by Gasteiger charge is 2.00. The molecule has 0 N–H and O–H groups in total. The Bertz CT molecular complexity index is 177. The molecule has 10 heavy (non-hydrogen) atoms. The van der Waals surface area contributed by atoms with E-state index in [4.69, 9.17) is 0 Å². The molecule has 0 saturated carbocycles. The summed E-state index contributed by atoms with van der Waals surface area (Å²) in [5.74, 6) is 0. The zero-order valence-corrected chi connectivity index (χ0v) is 9.34. The minimum Gasteiger partial charge on any atom is -0.0949 e. The molecule has 0 aliphatic carbocycles. The van der Waals surface area contributed by atoms with Gasteiger partial charge >= 0.3 is 0 Å². The van der Waals surface area contributed by atoms with Gasteiger partial charge in [-0.1, -0.05) is 13.2 Å². The lowest BCUT2D eigenvalue weighted by atomic mass is 10.2. The van der Waals surface area contributed by atoms with Gasteiger partial charge in [-0.05, 0) is 56.9 Å². The second-order valence-electron chi connectivity index (χ2n) is 2.19. The molecule has 0 aliphatic rings. The summed E-state index contributed by atoms with van der Waals surface area (Å²) in [7, 11) is 0. The number of rotatable bonds is 2. The molecule has 2 heteroatoms. The van der Waals surface area contributed by atoms with Gasteiger partial charge in [0.05, 0.1) is 0 Å². The SMILES string of the molecule is C=C(C)/C(Br)=C(/Br)C(=C)C. The van der Waals surface area contributed by atoms with E-state index in [1.54, 1.807) is 0 Å². The van der Waals surface area contributed by atoms with Gasteiger partial charge in [0.2, 0.25) is 0 Å². The predicted molar refractivity (Wildman–Crippen MR) is 54.5 cm³/mol. The summed E-state index contributed by atoms with van der Waals surface area (Å²) >= 11 is 6.76. The van der Waals surface area contributed by atoms with Crippen LogP contribution in [0.25, 0.3) is 0 Å². The molecule has 0 heterocycles. The number of hydrogen-bond donors (Lipinski definition) is 0. The van der Waals surface area contributed by atoms with E-state index in [-0.39, 0.29) is 0 Å². The van der Waals surface area contributed by atoms with E-state index in [9.17, 15) is 0 Å². The van der Waals surface area contributed by atoms with Gasteiger partial charge in [-0.3, -0.25) is 0 Å². The quantitative estimate of drug-likeness (QED) is 0.659. The minimum absolute atomic E-state index is 0.986. The van der Waals surface area contributed by atoms with Gasteiger partial charge in [0.15, 0.2) is 0 Å². The Kier molecular flexibility index (Phi) is 4.22. The molecule has 0 amide bonds. The fraction of sp³-hybridized carbons (Fsp3) is 0.250. The normalized spacial score (nSPS) is 12.4. The van der Waals surface area contributed by atoms with Gasteiger partial charge in [-0.25, -0.2) is 0 Å². The molecule has 0 spiro atoms. The summed E-state index contributed by atoms with van der Waals surface area (Å²) in [5, 5.41) is 0. The average Bonchev–Trinajstić information content (AvgIpc) is 1.84. The third-order valence-corrected chi connectivity index (χ3v) is 3.62. The van der Waals surface area contributed by atoms with Crippen molar-refractivity contribution in [3.63, 3.8) is 0 Å². The minimum atomic E-state index is 0.986. The van der Waals surface area contributed by atoms with E-state index >= 15 is 0 Å². The highest BCUT2D eigenvalue weighted by Crippen LogP contribution is 2.28. The fourth-order valence-electron chi connectivity index (χ4n) is 0.375. The highest BCUT2D eigenvalue weighted by molar-refractivity contribution is 9.14. The number of hydrogen-bond acceptors (Lipinski definition) is 0. The standard InChI is InChI=1S/C8H10Br2/c1-5(2)7(9)8(10)6(3)4/h1,3H2,2,4H3/b8-7-. The van der Waals surface area contributed by atoms with Gasteiger partial charge in [0.1, 0.15) is 0 Å². The van der Waals surface area contributed by atoms with Crippen molar-refractivity contribution in [1.29, 1.82) is 0 Å². The van der Waals surface area contributed by atoms with Crippen LogP contribution in [0.1, 0.15) is 13.8 Å². The van der Waals surface area contributed by atoms with Crippen molar-refractivity contribution in [3.8, 4) is 0 Å². The first-order chi connectivity index (χ1) is 4.46. The zero-order chi connectivity index (χ0) is 8.31. The lowest BCUT2D eigenvalue weighted by molar-refractivity contribution is 1.47. The maximum absolute atomic E-state index is 3.78. The molecule has 0 nitrogen and oxygen atoms in total. The van der Waals surface area contributed by atoms with Gasteiger partial charge in [0.25, 0.3) is 0 Å². The molecule has 0 aromatic heterocycles.